The summed E-state index contributed by atoms with van der Waals surface area (Å²) in [6.07, 6.45) is 0. The summed E-state index contributed by atoms with van der Waals surface area (Å²) in [5.41, 5.74) is 0.972. The lowest BCUT2D eigenvalue weighted by Crippen LogP contribution is -2.53. The molecule has 1 saturated heterocycles. The van der Waals surface area contributed by atoms with Gasteiger partial charge in [-0.25, -0.2) is 0 Å². The molecule has 0 aliphatic carbocycles. The third kappa shape index (κ3) is 3.26. The van der Waals surface area contributed by atoms with Gasteiger partial charge < -0.3 is 10.1 Å². The Morgan fingerprint density at radius 1 is 1.50 bits per heavy atom. The second-order valence-electron chi connectivity index (χ2n) is 5.35. The van der Waals surface area contributed by atoms with E-state index < -0.39 is 4.92 Å². The van der Waals surface area contributed by atoms with Crippen molar-refractivity contribution in [2.75, 3.05) is 20.2 Å². The van der Waals surface area contributed by atoms with Crippen LogP contribution in [-0.4, -0.2) is 42.1 Å². The van der Waals surface area contributed by atoms with Crippen molar-refractivity contribution in [3.05, 3.63) is 33.9 Å². The maximum atomic E-state index is 11.0. The van der Waals surface area contributed by atoms with Crippen LogP contribution in [0.5, 0.6) is 5.75 Å². The third-order valence-electron chi connectivity index (χ3n) is 3.72. The molecule has 0 amide bonds. The number of rotatable bonds is 4. The minimum atomic E-state index is -0.397. The monoisotopic (exact) mass is 279 g/mol. The predicted molar refractivity (Wildman–Crippen MR) is 77.0 cm³/mol. The summed E-state index contributed by atoms with van der Waals surface area (Å²) >= 11 is 0. The van der Waals surface area contributed by atoms with Gasteiger partial charge in [0.2, 0.25) is 0 Å². The van der Waals surface area contributed by atoms with Crippen LogP contribution in [0, 0.1) is 10.1 Å². The maximum Gasteiger partial charge on any atom is 0.311 e. The van der Waals surface area contributed by atoms with Crippen molar-refractivity contribution in [2.45, 2.75) is 32.5 Å². The molecule has 1 aliphatic heterocycles. The second kappa shape index (κ2) is 6.19. The van der Waals surface area contributed by atoms with Gasteiger partial charge in [0, 0.05) is 37.8 Å². The van der Waals surface area contributed by atoms with E-state index in [-0.39, 0.29) is 5.69 Å². The van der Waals surface area contributed by atoms with Gasteiger partial charge in [0.1, 0.15) is 0 Å². The molecule has 2 unspecified atom stereocenters. The fraction of sp³-hybridized carbons (Fsp3) is 0.571. The number of benzene rings is 1. The van der Waals surface area contributed by atoms with Crippen LogP contribution >= 0.6 is 0 Å². The van der Waals surface area contributed by atoms with Gasteiger partial charge in [0.05, 0.1) is 12.0 Å². The Labute approximate surface area is 118 Å². The first-order chi connectivity index (χ1) is 9.51. The molecule has 0 bridgehead atoms. The van der Waals surface area contributed by atoms with E-state index in [9.17, 15) is 10.1 Å². The van der Waals surface area contributed by atoms with Crippen molar-refractivity contribution in [2.24, 2.45) is 0 Å². The predicted octanol–water partition coefficient (Wildman–Crippen LogP) is 1.79. The molecular formula is C14H21N3O3. The quantitative estimate of drug-likeness (QED) is 0.672. The zero-order valence-electron chi connectivity index (χ0n) is 12.1. The highest BCUT2D eigenvalue weighted by Crippen LogP contribution is 2.28. The van der Waals surface area contributed by atoms with E-state index in [0.717, 1.165) is 25.2 Å². The highest BCUT2D eigenvalue weighted by Gasteiger charge is 2.23. The van der Waals surface area contributed by atoms with Crippen LogP contribution in [0.1, 0.15) is 19.4 Å². The first kappa shape index (κ1) is 14.7. The van der Waals surface area contributed by atoms with E-state index in [1.54, 1.807) is 12.1 Å². The number of hydrogen-bond donors (Lipinski definition) is 1. The van der Waals surface area contributed by atoms with Gasteiger partial charge in [-0.1, -0.05) is 6.07 Å². The zero-order chi connectivity index (χ0) is 14.7. The molecule has 1 aromatic rings. The largest absolute Gasteiger partial charge is 0.490 e. The van der Waals surface area contributed by atoms with E-state index in [1.165, 1.54) is 7.11 Å². The molecule has 1 fully saturated rings. The summed E-state index contributed by atoms with van der Waals surface area (Å²) < 4.78 is 5.02. The highest BCUT2D eigenvalue weighted by molar-refractivity contribution is 5.48. The fourth-order valence-corrected chi connectivity index (χ4v) is 2.53. The van der Waals surface area contributed by atoms with Gasteiger partial charge in [0.15, 0.2) is 5.75 Å². The van der Waals surface area contributed by atoms with E-state index in [2.05, 4.69) is 24.1 Å². The van der Waals surface area contributed by atoms with Gasteiger partial charge in [0.25, 0.3) is 0 Å². The molecule has 2 rings (SSSR count). The molecule has 110 valence electrons. The number of nitrogens with one attached hydrogen (secondary N) is 1. The molecule has 1 N–H and O–H groups in total. The molecule has 6 heteroatoms. The Balaban J connectivity index is 2.16. The van der Waals surface area contributed by atoms with Gasteiger partial charge in [-0.15, -0.1) is 0 Å². The lowest BCUT2D eigenvalue weighted by molar-refractivity contribution is -0.385. The number of piperazine rings is 1. The molecule has 20 heavy (non-hydrogen) atoms. The van der Waals surface area contributed by atoms with Crippen molar-refractivity contribution in [1.29, 1.82) is 0 Å². The van der Waals surface area contributed by atoms with Crippen LogP contribution in [0.4, 0.5) is 5.69 Å². The van der Waals surface area contributed by atoms with Crippen LogP contribution in [0.3, 0.4) is 0 Å². The van der Waals surface area contributed by atoms with Gasteiger partial charge in [-0.05, 0) is 25.5 Å². The lowest BCUT2D eigenvalue weighted by atomic mass is 10.1. The highest BCUT2D eigenvalue weighted by atomic mass is 16.6. The Hall–Kier alpha value is -1.66. The van der Waals surface area contributed by atoms with Gasteiger partial charge >= 0.3 is 5.69 Å². The third-order valence-corrected chi connectivity index (χ3v) is 3.72. The molecule has 0 aromatic heterocycles. The summed E-state index contributed by atoms with van der Waals surface area (Å²) in [7, 11) is 1.45. The molecule has 0 spiro atoms. The van der Waals surface area contributed by atoms with Gasteiger partial charge in [-0.2, -0.15) is 0 Å². The Kier molecular flexibility index (Phi) is 4.57. The Morgan fingerprint density at radius 2 is 2.25 bits per heavy atom. The summed E-state index contributed by atoms with van der Waals surface area (Å²) in [6.45, 7) is 6.92. The maximum absolute atomic E-state index is 11.0. The normalized spacial score (nSPS) is 23.6. The summed E-state index contributed by atoms with van der Waals surface area (Å²) in [4.78, 5) is 13.0. The van der Waals surface area contributed by atoms with E-state index in [0.29, 0.717) is 17.8 Å². The van der Waals surface area contributed by atoms with Crippen molar-refractivity contribution < 1.29 is 9.66 Å². The van der Waals surface area contributed by atoms with Crippen LogP contribution in [0.15, 0.2) is 18.2 Å². The standard InChI is InChI=1S/C14H21N3O3/c1-10-8-16(11(2)7-15-10)9-12-4-5-14(20-3)13(6-12)17(18)19/h4-6,10-11,15H,7-9H2,1-3H3. The minimum absolute atomic E-state index is 0.0286. The fourth-order valence-electron chi connectivity index (χ4n) is 2.53. The SMILES string of the molecule is COc1ccc(CN2CC(C)NCC2C)cc1[N+](=O)[O-]. The molecule has 6 nitrogen and oxygen atoms in total. The average molecular weight is 279 g/mol. The molecule has 1 aromatic carbocycles. The van der Waals surface area contributed by atoms with E-state index >= 15 is 0 Å². The summed E-state index contributed by atoms with van der Waals surface area (Å²) in [5.74, 6) is 0.306. The van der Waals surface area contributed by atoms with Crippen LogP contribution in [0.25, 0.3) is 0 Å². The van der Waals surface area contributed by atoms with Crippen molar-refractivity contribution in [1.82, 2.24) is 10.2 Å². The van der Waals surface area contributed by atoms with E-state index in [4.69, 9.17) is 4.74 Å². The number of nitrogens with zero attached hydrogens (tertiary/aromatic N) is 2. The van der Waals surface area contributed by atoms with Crippen molar-refractivity contribution in [3.8, 4) is 5.75 Å². The molecular weight excluding hydrogens is 258 g/mol. The summed E-state index contributed by atoms with van der Waals surface area (Å²) in [5, 5.41) is 14.5. The van der Waals surface area contributed by atoms with Crippen LogP contribution in [0.2, 0.25) is 0 Å². The zero-order valence-corrected chi connectivity index (χ0v) is 12.1. The second-order valence-corrected chi connectivity index (χ2v) is 5.35. The molecule has 2 atom stereocenters. The lowest BCUT2D eigenvalue weighted by Gasteiger charge is -2.37. The Morgan fingerprint density at radius 3 is 2.90 bits per heavy atom. The first-order valence-corrected chi connectivity index (χ1v) is 6.80. The summed E-state index contributed by atoms with van der Waals surface area (Å²) in [6, 6.07) is 6.04. The number of nitro benzene ring substituents is 1. The first-order valence-electron chi connectivity index (χ1n) is 6.80. The number of nitro groups is 1. The average Bonchev–Trinajstić information content (AvgIpc) is 2.42. The van der Waals surface area contributed by atoms with Crippen LogP contribution < -0.4 is 10.1 Å². The smallest absolute Gasteiger partial charge is 0.311 e. The van der Waals surface area contributed by atoms with Crippen molar-refractivity contribution in [3.63, 3.8) is 0 Å². The molecule has 0 radical (unpaired) electrons. The number of hydrogen-bond acceptors (Lipinski definition) is 5. The van der Waals surface area contributed by atoms with Gasteiger partial charge in [-0.3, -0.25) is 15.0 Å². The topological polar surface area (TPSA) is 67.6 Å². The number of ether oxygens (including phenoxy) is 1. The van der Waals surface area contributed by atoms with Crippen molar-refractivity contribution >= 4 is 5.69 Å². The molecule has 0 saturated carbocycles. The van der Waals surface area contributed by atoms with Crippen LogP contribution in [-0.2, 0) is 6.54 Å². The molecule has 1 heterocycles. The van der Waals surface area contributed by atoms with E-state index in [1.807, 2.05) is 6.07 Å². The Bertz CT molecular complexity index is 493. The molecule has 1 aliphatic rings. The number of methoxy groups -OCH3 is 1. The minimum Gasteiger partial charge on any atom is -0.490 e.